The molecule has 20 heavy (non-hydrogen) atoms. The quantitative estimate of drug-likeness (QED) is 0.903. The number of carbonyl (C=O) groups is 1. The minimum Gasteiger partial charge on any atom is -0.336 e. The number of halogens is 3. The van der Waals surface area contributed by atoms with E-state index in [9.17, 15) is 18.0 Å². The van der Waals surface area contributed by atoms with Crippen molar-refractivity contribution in [2.24, 2.45) is 5.92 Å². The van der Waals surface area contributed by atoms with Crippen molar-refractivity contribution >= 4 is 11.7 Å². The third-order valence-corrected chi connectivity index (χ3v) is 3.29. The lowest BCUT2D eigenvalue weighted by atomic mass is 10.0. The van der Waals surface area contributed by atoms with Crippen LogP contribution in [0.4, 0.5) is 23.7 Å². The lowest BCUT2D eigenvalue weighted by Gasteiger charge is -2.27. The molecule has 0 saturated carbocycles. The lowest BCUT2D eigenvalue weighted by Crippen LogP contribution is -2.36. The monoisotopic (exact) mass is 286 g/mol. The summed E-state index contributed by atoms with van der Waals surface area (Å²) in [6.45, 7) is 4.34. The maximum absolute atomic E-state index is 13.1. The van der Waals surface area contributed by atoms with E-state index in [2.05, 4.69) is 5.32 Å². The maximum atomic E-state index is 13.1. The van der Waals surface area contributed by atoms with E-state index in [0.717, 1.165) is 6.07 Å². The normalized spacial score (nSPS) is 19.6. The molecule has 0 spiro atoms. The standard InChI is InChI=1S/C14H17F3N2O/c1-9(2)7-10-8-18-13(20)19(10)12-6-4-3-5-11(12)14(15,16)17/h3-6,9-10H,7-8H2,1-2H3,(H,18,20). The zero-order valence-corrected chi connectivity index (χ0v) is 11.4. The van der Waals surface area contributed by atoms with Gasteiger partial charge < -0.3 is 5.32 Å². The molecule has 1 aliphatic rings. The van der Waals surface area contributed by atoms with E-state index < -0.39 is 17.8 Å². The van der Waals surface area contributed by atoms with Crippen LogP contribution in [0.5, 0.6) is 0 Å². The van der Waals surface area contributed by atoms with Crippen molar-refractivity contribution in [2.75, 3.05) is 11.4 Å². The largest absolute Gasteiger partial charge is 0.418 e. The van der Waals surface area contributed by atoms with Crippen LogP contribution in [-0.2, 0) is 6.18 Å². The Hall–Kier alpha value is -1.72. The summed E-state index contributed by atoms with van der Waals surface area (Å²) < 4.78 is 39.2. The summed E-state index contributed by atoms with van der Waals surface area (Å²) in [6, 6.07) is 4.49. The van der Waals surface area contributed by atoms with Crippen molar-refractivity contribution in [3.05, 3.63) is 29.8 Å². The van der Waals surface area contributed by atoms with Crippen molar-refractivity contribution < 1.29 is 18.0 Å². The molecular weight excluding hydrogens is 269 g/mol. The van der Waals surface area contributed by atoms with Crippen LogP contribution in [0.15, 0.2) is 24.3 Å². The van der Waals surface area contributed by atoms with E-state index in [-0.39, 0.29) is 11.7 Å². The van der Waals surface area contributed by atoms with Crippen LogP contribution in [-0.4, -0.2) is 18.6 Å². The van der Waals surface area contributed by atoms with Crippen molar-refractivity contribution in [2.45, 2.75) is 32.5 Å². The van der Waals surface area contributed by atoms with Gasteiger partial charge in [0.2, 0.25) is 0 Å². The van der Waals surface area contributed by atoms with Crippen LogP contribution in [0.25, 0.3) is 0 Å². The van der Waals surface area contributed by atoms with Crippen molar-refractivity contribution in [3.8, 4) is 0 Å². The van der Waals surface area contributed by atoms with E-state index in [1.807, 2.05) is 13.8 Å². The number of carbonyl (C=O) groups excluding carboxylic acids is 1. The molecule has 0 aliphatic carbocycles. The first-order valence-electron chi connectivity index (χ1n) is 6.54. The summed E-state index contributed by atoms with van der Waals surface area (Å²) >= 11 is 0. The van der Waals surface area contributed by atoms with E-state index in [0.29, 0.717) is 18.9 Å². The minimum atomic E-state index is -4.47. The Balaban J connectivity index is 2.41. The molecule has 0 aromatic heterocycles. The number of rotatable bonds is 3. The van der Waals surface area contributed by atoms with E-state index >= 15 is 0 Å². The van der Waals surface area contributed by atoms with Gasteiger partial charge in [-0.15, -0.1) is 0 Å². The molecule has 1 fully saturated rings. The highest BCUT2D eigenvalue weighted by atomic mass is 19.4. The molecule has 1 unspecified atom stereocenters. The average Bonchev–Trinajstić information content (AvgIpc) is 2.68. The molecule has 0 bridgehead atoms. The zero-order valence-electron chi connectivity index (χ0n) is 11.4. The zero-order chi connectivity index (χ0) is 14.9. The minimum absolute atomic E-state index is 0.0688. The number of benzene rings is 1. The molecule has 6 heteroatoms. The number of nitrogens with zero attached hydrogens (tertiary/aromatic N) is 1. The van der Waals surface area contributed by atoms with E-state index in [1.54, 1.807) is 0 Å². The van der Waals surface area contributed by atoms with E-state index in [4.69, 9.17) is 0 Å². The fraction of sp³-hybridized carbons (Fsp3) is 0.500. The van der Waals surface area contributed by atoms with Gasteiger partial charge >= 0.3 is 12.2 Å². The second-order valence-electron chi connectivity index (χ2n) is 5.35. The third kappa shape index (κ3) is 2.89. The second kappa shape index (κ2) is 5.34. The molecule has 1 aromatic rings. The number of amides is 2. The smallest absolute Gasteiger partial charge is 0.336 e. The van der Waals surface area contributed by atoms with Crippen LogP contribution < -0.4 is 10.2 Å². The predicted octanol–water partition coefficient (Wildman–Crippen LogP) is 3.65. The Labute approximate surface area is 115 Å². The molecule has 3 nitrogen and oxygen atoms in total. The molecule has 1 heterocycles. The van der Waals surface area contributed by atoms with Crippen LogP contribution in [0.2, 0.25) is 0 Å². The molecule has 1 N–H and O–H groups in total. The van der Waals surface area contributed by atoms with Gasteiger partial charge in [-0.2, -0.15) is 13.2 Å². The molecule has 1 aromatic carbocycles. The van der Waals surface area contributed by atoms with Gasteiger partial charge in [0.05, 0.1) is 17.3 Å². The molecule has 110 valence electrons. The van der Waals surface area contributed by atoms with Crippen molar-refractivity contribution in [3.63, 3.8) is 0 Å². The average molecular weight is 286 g/mol. The summed E-state index contributed by atoms with van der Waals surface area (Å²) in [5.74, 6) is 0.299. The number of hydrogen-bond donors (Lipinski definition) is 1. The number of anilines is 1. The van der Waals surface area contributed by atoms with Gasteiger partial charge in [0.25, 0.3) is 0 Å². The first-order chi connectivity index (χ1) is 9.30. The summed E-state index contributed by atoms with van der Waals surface area (Å²) in [5.41, 5.74) is -0.841. The molecule has 2 rings (SSSR count). The molecule has 1 atom stereocenters. The van der Waals surface area contributed by atoms with E-state index in [1.165, 1.54) is 23.1 Å². The highest BCUT2D eigenvalue weighted by molar-refractivity contribution is 5.95. The first-order valence-corrected chi connectivity index (χ1v) is 6.54. The molecule has 0 radical (unpaired) electrons. The topological polar surface area (TPSA) is 32.3 Å². The van der Waals surface area contributed by atoms with Gasteiger partial charge in [-0.1, -0.05) is 26.0 Å². The SMILES string of the molecule is CC(C)CC1CNC(=O)N1c1ccccc1C(F)(F)F. The van der Waals surface area contributed by atoms with Crippen LogP contribution in [0.3, 0.4) is 0 Å². The fourth-order valence-corrected chi connectivity index (χ4v) is 2.51. The number of alkyl halides is 3. The van der Waals surface area contributed by atoms with Gasteiger partial charge in [0.1, 0.15) is 0 Å². The molecule has 2 amide bonds. The number of hydrogen-bond acceptors (Lipinski definition) is 1. The number of para-hydroxylation sites is 1. The Morgan fingerprint density at radius 3 is 2.60 bits per heavy atom. The van der Waals surface area contributed by atoms with Gasteiger partial charge in [-0.05, 0) is 24.5 Å². The first kappa shape index (κ1) is 14.7. The second-order valence-corrected chi connectivity index (χ2v) is 5.35. The predicted molar refractivity (Wildman–Crippen MR) is 70.6 cm³/mol. The molecule has 1 saturated heterocycles. The maximum Gasteiger partial charge on any atom is 0.418 e. The Kier molecular flexibility index (Phi) is 3.92. The highest BCUT2D eigenvalue weighted by Crippen LogP contribution is 2.38. The Morgan fingerprint density at radius 1 is 1.35 bits per heavy atom. The Bertz CT molecular complexity index is 499. The summed E-state index contributed by atoms with van der Waals surface area (Å²) in [5, 5.41) is 2.62. The Morgan fingerprint density at radius 2 is 2.00 bits per heavy atom. The van der Waals surface area contributed by atoms with Gasteiger partial charge in [-0.3, -0.25) is 4.90 Å². The number of urea groups is 1. The molecule has 1 aliphatic heterocycles. The van der Waals surface area contributed by atoms with Crippen LogP contribution in [0.1, 0.15) is 25.8 Å². The van der Waals surface area contributed by atoms with Gasteiger partial charge in [-0.25, -0.2) is 4.79 Å². The van der Waals surface area contributed by atoms with Crippen molar-refractivity contribution in [1.29, 1.82) is 0 Å². The van der Waals surface area contributed by atoms with Crippen molar-refractivity contribution in [1.82, 2.24) is 5.32 Å². The fourth-order valence-electron chi connectivity index (χ4n) is 2.51. The van der Waals surface area contributed by atoms with Crippen LogP contribution >= 0.6 is 0 Å². The summed E-state index contributed by atoms with van der Waals surface area (Å²) in [4.78, 5) is 13.1. The van der Waals surface area contributed by atoms with Gasteiger partial charge in [0, 0.05) is 6.54 Å². The number of nitrogens with one attached hydrogen (secondary N) is 1. The lowest BCUT2D eigenvalue weighted by molar-refractivity contribution is -0.137. The molecular formula is C14H17F3N2O. The van der Waals surface area contributed by atoms with Gasteiger partial charge in [0.15, 0.2) is 0 Å². The van der Waals surface area contributed by atoms with Crippen LogP contribution in [0, 0.1) is 5.92 Å². The summed E-state index contributed by atoms with van der Waals surface area (Å²) in [6.07, 6.45) is -3.81. The highest BCUT2D eigenvalue weighted by Gasteiger charge is 2.40. The third-order valence-electron chi connectivity index (χ3n) is 3.29. The summed E-state index contributed by atoms with van der Waals surface area (Å²) in [7, 11) is 0.